The van der Waals surface area contributed by atoms with Gasteiger partial charge in [-0.2, -0.15) is 4.99 Å². The van der Waals surface area contributed by atoms with E-state index in [4.69, 9.17) is 11.5 Å². The van der Waals surface area contributed by atoms with Crippen molar-refractivity contribution in [1.29, 1.82) is 0 Å². The van der Waals surface area contributed by atoms with Gasteiger partial charge in [-0.3, -0.25) is 4.79 Å². The van der Waals surface area contributed by atoms with Gasteiger partial charge in [0.1, 0.15) is 0 Å². The molecule has 4 N–H and O–H groups in total. The number of rotatable bonds is 1. The number of guanidine groups is 1. The fourth-order valence-corrected chi connectivity index (χ4v) is 1.22. The predicted octanol–water partition coefficient (Wildman–Crippen LogP) is 0.287. The first-order valence-electron chi connectivity index (χ1n) is 4.03. The maximum atomic E-state index is 11.2. The molecular weight excluding hydrogens is 154 g/mol. The highest BCUT2D eigenvalue weighted by Gasteiger charge is 2.10. The lowest BCUT2D eigenvalue weighted by molar-refractivity contribution is -0.114. The summed E-state index contributed by atoms with van der Waals surface area (Å²) in [7, 11) is 0. The summed E-state index contributed by atoms with van der Waals surface area (Å²) >= 11 is 0. The summed E-state index contributed by atoms with van der Waals surface area (Å²) in [6.07, 6.45) is 5.88. The lowest BCUT2D eigenvalue weighted by Crippen LogP contribution is -2.24. The highest BCUT2D eigenvalue weighted by molar-refractivity contribution is 6.01. The second-order valence-electron chi connectivity index (χ2n) is 2.82. The van der Waals surface area contributed by atoms with Gasteiger partial charge < -0.3 is 11.5 Å². The average Bonchev–Trinajstić information content (AvgIpc) is 2.05. The standard InChI is InChI=1S/C8H13N3O/c9-8(10)11-7(12)6-4-2-1-3-5-6/h4H,1-3,5H2,(H4,9,10,11,12). The van der Waals surface area contributed by atoms with E-state index in [1.807, 2.05) is 6.08 Å². The van der Waals surface area contributed by atoms with E-state index in [0.29, 0.717) is 0 Å². The Bertz CT molecular complexity index is 239. The van der Waals surface area contributed by atoms with Crippen LogP contribution in [-0.4, -0.2) is 11.9 Å². The molecule has 4 nitrogen and oxygen atoms in total. The quantitative estimate of drug-likeness (QED) is 0.435. The van der Waals surface area contributed by atoms with Gasteiger partial charge >= 0.3 is 0 Å². The number of aliphatic imine (C=N–C) groups is 1. The van der Waals surface area contributed by atoms with Crippen molar-refractivity contribution < 1.29 is 4.79 Å². The molecule has 0 saturated heterocycles. The second kappa shape index (κ2) is 3.90. The molecule has 0 aliphatic heterocycles. The smallest absolute Gasteiger partial charge is 0.275 e. The molecule has 0 saturated carbocycles. The third kappa shape index (κ3) is 2.38. The summed E-state index contributed by atoms with van der Waals surface area (Å²) < 4.78 is 0. The highest BCUT2D eigenvalue weighted by Crippen LogP contribution is 2.17. The summed E-state index contributed by atoms with van der Waals surface area (Å²) in [5.41, 5.74) is 10.9. The minimum Gasteiger partial charge on any atom is -0.370 e. The molecule has 12 heavy (non-hydrogen) atoms. The molecule has 0 aromatic heterocycles. The van der Waals surface area contributed by atoms with E-state index in [9.17, 15) is 4.79 Å². The highest BCUT2D eigenvalue weighted by atomic mass is 16.1. The maximum absolute atomic E-state index is 11.2. The van der Waals surface area contributed by atoms with Crippen LogP contribution in [0.25, 0.3) is 0 Å². The van der Waals surface area contributed by atoms with Gasteiger partial charge in [-0.25, -0.2) is 0 Å². The number of hydrogen-bond acceptors (Lipinski definition) is 1. The fraction of sp³-hybridized carbons (Fsp3) is 0.500. The van der Waals surface area contributed by atoms with Gasteiger partial charge in [0.05, 0.1) is 0 Å². The third-order valence-electron chi connectivity index (χ3n) is 1.80. The van der Waals surface area contributed by atoms with Crippen LogP contribution >= 0.6 is 0 Å². The lowest BCUT2D eigenvalue weighted by atomic mass is 9.99. The Kier molecular flexibility index (Phi) is 2.85. The van der Waals surface area contributed by atoms with Crippen molar-refractivity contribution in [2.45, 2.75) is 25.7 Å². The van der Waals surface area contributed by atoms with Gasteiger partial charge in [0.15, 0.2) is 5.96 Å². The minimum atomic E-state index is -0.283. The number of nitrogens with zero attached hydrogens (tertiary/aromatic N) is 1. The van der Waals surface area contributed by atoms with Crippen molar-refractivity contribution >= 4 is 11.9 Å². The molecule has 0 atom stereocenters. The zero-order chi connectivity index (χ0) is 8.97. The molecule has 0 radical (unpaired) electrons. The molecule has 1 aliphatic carbocycles. The summed E-state index contributed by atoms with van der Waals surface area (Å²) in [5, 5.41) is 0. The summed E-state index contributed by atoms with van der Waals surface area (Å²) in [6.45, 7) is 0. The van der Waals surface area contributed by atoms with Crippen LogP contribution in [0.2, 0.25) is 0 Å². The van der Waals surface area contributed by atoms with E-state index in [-0.39, 0.29) is 11.9 Å². The zero-order valence-electron chi connectivity index (χ0n) is 6.92. The van der Waals surface area contributed by atoms with E-state index < -0.39 is 0 Å². The number of amides is 1. The SMILES string of the molecule is NC(N)=NC(=O)C1=CCCCC1. The predicted molar refractivity (Wildman–Crippen MR) is 47.4 cm³/mol. The Labute approximate surface area is 71.3 Å². The Morgan fingerprint density at radius 1 is 1.42 bits per heavy atom. The van der Waals surface area contributed by atoms with Crippen molar-refractivity contribution in [2.75, 3.05) is 0 Å². The molecule has 0 unspecified atom stereocenters. The van der Waals surface area contributed by atoms with Gasteiger partial charge in [-0.1, -0.05) is 6.08 Å². The Morgan fingerprint density at radius 2 is 2.17 bits per heavy atom. The van der Waals surface area contributed by atoms with Crippen LogP contribution in [0.5, 0.6) is 0 Å². The van der Waals surface area contributed by atoms with Crippen molar-refractivity contribution in [3.05, 3.63) is 11.6 Å². The second-order valence-corrected chi connectivity index (χ2v) is 2.82. The summed E-state index contributed by atoms with van der Waals surface area (Å²) in [4.78, 5) is 14.7. The average molecular weight is 167 g/mol. The number of hydrogen-bond donors (Lipinski definition) is 2. The molecule has 0 heterocycles. The van der Waals surface area contributed by atoms with Crippen molar-refractivity contribution in [1.82, 2.24) is 0 Å². The topological polar surface area (TPSA) is 81.5 Å². The maximum Gasteiger partial charge on any atom is 0.275 e. The van der Waals surface area contributed by atoms with Crippen molar-refractivity contribution in [3.63, 3.8) is 0 Å². The van der Waals surface area contributed by atoms with Crippen LogP contribution in [0.1, 0.15) is 25.7 Å². The Hall–Kier alpha value is -1.32. The molecule has 1 rings (SSSR count). The molecule has 0 aromatic rings. The lowest BCUT2D eigenvalue weighted by Gasteiger charge is -2.08. The first-order valence-corrected chi connectivity index (χ1v) is 4.03. The van der Waals surface area contributed by atoms with E-state index in [1.165, 1.54) is 0 Å². The number of carbonyl (C=O) groups is 1. The van der Waals surface area contributed by atoms with Crippen LogP contribution < -0.4 is 11.5 Å². The Balaban J connectivity index is 2.63. The van der Waals surface area contributed by atoms with Crippen LogP contribution in [0.4, 0.5) is 0 Å². The first kappa shape index (κ1) is 8.77. The molecular formula is C8H13N3O. The van der Waals surface area contributed by atoms with Crippen molar-refractivity contribution in [2.24, 2.45) is 16.5 Å². The molecule has 0 aromatic carbocycles. The van der Waals surface area contributed by atoms with E-state index in [1.54, 1.807) is 0 Å². The number of nitrogens with two attached hydrogens (primary N) is 2. The van der Waals surface area contributed by atoms with Gasteiger partial charge in [0.25, 0.3) is 5.91 Å². The van der Waals surface area contributed by atoms with Crippen LogP contribution in [0.3, 0.4) is 0 Å². The summed E-state index contributed by atoms with van der Waals surface area (Å²) in [5.74, 6) is -0.443. The van der Waals surface area contributed by atoms with Crippen LogP contribution in [-0.2, 0) is 4.79 Å². The van der Waals surface area contributed by atoms with E-state index in [2.05, 4.69) is 4.99 Å². The number of allylic oxidation sites excluding steroid dienone is 1. The van der Waals surface area contributed by atoms with Gasteiger partial charge in [-0.15, -0.1) is 0 Å². The third-order valence-corrected chi connectivity index (χ3v) is 1.80. The largest absolute Gasteiger partial charge is 0.370 e. The molecule has 66 valence electrons. The van der Waals surface area contributed by atoms with Gasteiger partial charge in [-0.05, 0) is 25.7 Å². The minimum absolute atomic E-state index is 0.161. The van der Waals surface area contributed by atoms with Crippen LogP contribution in [0.15, 0.2) is 16.6 Å². The molecule has 0 spiro atoms. The molecule has 1 aliphatic rings. The fourth-order valence-electron chi connectivity index (χ4n) is 1.22. The normalized spacial score (nSPS) is 16.5. The number of carbonyl (C=O) groups excluding carboxylic acids is 1. The Morgan fingerprint density at radius 3 is 2.67 bits per heavy atom. The van der Waals surface area contributed by atoms with Crippen molar-refractivity contribution in [3.8, 4) is 0 Å². The van der Waals surface area contributed by atoms with E-state index >= 15 is 0 Å². The van der Waals surface area contributed by atoms with E-state index in [0.717, 1.165) is 31.3 Å². The van der Waals surface area contributed by atoms with Crippen LogP contribution in [0, 0.1) is 0 Å². The van der Waals surface area contributed by atoms with Gasteiger partial charge in [0, 0.05) is 5.57 Å². The first-order chi connectivity index (χ1) is 5.70. The molecule has 4 heteroatoms. The van der Waals surface area contributed by atoms with Gasteiger partial charge in [0.2, 0.25) is 0 Å². The molecule has 1 amide bonds. The monoisotopic (exact) mass is 167 g/mol. The summed E-state index contributed by atoms with van der Waals surface area (Å²) in [6, 6.07) is 0. The zero-order valence-corrected chi connectivity index (χ0v) is 6.92. The molecule has 0 bridgehead atoms. The molecule has 0 fully saturated rings.